The molecule has 2 N–H and O–H groups in total. The molecule has 0 aliphatic carbocycles. The highest BCUT2D eigenvalue weighted by Crippen LogP contribution is 2.24. The third kappa shape index (κ3) is 2.08. The van der Waals surface area contributed by atoms with Crippen molar-refractivity contribution in [1.29, 1.82) is 0 Å². The van der Waals surface area contributed by atoms with Gasteiger partial charge in [-0.05, 0) is 26.0 Å². The molecule has 5 heteroatoms. The smallest absolute Gasteiger partial charge is 0.227 e. The molecule has 16 heavy (non-hydrogen) atoms. The van der Waals surface area contributed by atoms with Crippen LogP contribution in [0.25, 0.3) is 0 Å². The topological polar surface area (TPSA) is 73.9 Å². The van der Waals surface area contributed by atoms with Crippen molar-refractivity contribution >= 4 is 5.95 Å². The second-order valence-electron chi connectivity index (χ2n) is 3.41. The first-order valence-corrected chi connectivity index (χ1v) is 4.85. The summed E-state index contributed by atoms with van der Waals surface area (Å²) in [6.07, 6.45) is 3.34. The Morgan fingerprint density at radius 1 is 1.25 bits per heavy atom. The van der Waals surface area contributed by atoms with Gasteiger partial charge in [0, 0.05) is 18.0 Å². The number of hydrogen-bond acceptors (Lipinski definition) is 5. The van der Waals surface area contributed by atoms with Crippen LogP contribution in [-0.4, -0.2) is 15.0 Å². The summed E-state index contributed by atoms with van der Waals surface area (Å²) in [4.78, 5) is 12.0. The Hall–Kier alpha value is -2.17. The number of anilines is 1. The van der Waals surface area contributed by atoms with Crippen LogP contribution < -0.4 is 10.5 Å². The van der Waals surface area contributed by atoms with Crippen molar-refractivity contribution in [2.45, 2.75) is 13.8 Å². The van der Waals surface area contributed by atoms with Crippen LogP contribution in [0.2, 0.25) is 0 Å². The standard InChI is InChI=1S/C11H12N4O/c1-7-6-14-11(12)15-10(7)16-9-4-3-5-13-8(9)2/h3-6H,1-2H3,(H2,12,14,15). The summed E-state index contributed by atoms with van der Waals surface area (Å²) in [5.41, 5.74) is 7.14. The normalized spacial score (nSPS) is 10.1. The highest BCUT2D eigenvalue weighted by atomic mass is 16.5. The van der Waals surface area contributed by atoms with Gasteiger partial charge in [0.2, 0.25) is 11.8 Å². The van der Waals surface area contributed by atoms with Gasteiger partial charge in [-0.25, -0.2) is 4.98 Å². The Morgan fingerprint density at radius 3 is 2.81 bits per heavy atom. The summed E-state index contributed by atoms with van der Waals surface area (Å²) in [5, 5.41) is 0. The number of hydrogen-bond donors (Lipinski definition) is 1. The average Bonchev–Trinajstić information content (AvgIpc) is 2.27. The predicted molar refractivity (Wildman–Crippen MR) is 60.2 cm³/mol. The lowest BCUT2D eigenvalue weighted by molar-refractivity contribution is 0.452. The van der Waals surface area contributed by atoms with E-state index in [0.717, 1.165) is 11.3 Å². The first-order valence-electron chi connectivity index (χ1n) is 4.85. The van der Waals surface area contributed by atoms with Gasteiger partial charge < -0.3 is 10.5 Å². The third-order valence-corrected chi connectivity index (χ3v) is 2.11. The third-order valence-electron chi connectivity index (χ3n) is 2.11. The highest BCUT2D eigenvalue weighted by molar-refractivity contribution is 5.35. The van der Waals surface area contributed by atoms with E-state index in [1.807, 2.05) is 26.0 Å². The van der Waals surface area contributed by atoms with Crippen LogP contribution in [0, 0.1) is 13.8 Å². The summed E-state index contributed by atoms with van der Waals surface area (Å²) in [5.74, 6) is 1.33. The fourth-order valence-electron chi connectivity index (χ4n) is 1.22. The molecule has 0 unspecified atom stereocenters. The van der Waals surface area contributed by atoms with Gasteiger partial charge in [0.05, 0.1) is 5.69 Å². The number of rotatable bonds is 2. The maximum absolute atomic E-state index is 5.63. The van der Waals surface area contributed by atoms with Crippen molar-refractivity contribution in [2.75, 3.05) is 5.73 Å². The van der Waals surface area contributed by atoms with Crippen LogP contribution in [0.4, 0.5) is 5.95 Å². The SMILES string of the molecule is Cc1cnc(N)nc1Oc1cccnc1C. The molecule has 0 fully saturated rings. The van der Waals surface area contributed by atoms with Crippen molar-refractivity contribution in [3.05, 3.63) is 35.8 Å². The molecule has 0 radical (unpaired) electrons. The molecule has 82 valence electrons. The number of nitrogens with two attached hydrogens (primary N) is 1. The zero-order chi connectivity index (χ0) is 11.5. The predicted octanol–water partition coefficient (Wildman–Crippen LogP) is 1.86. The van der Waals surface area contributed by atoms with Crippen LogP contribution in [0.5, 0.6) is 11.6 Å². The Morgan fingerprint density at radius 2 is 2.06 bits per heavy atom. The second kappa shape index (κ2) is 4.14. The molecule has 0 saturated carbocycles. The van der Waals surface area contributed by atoms with E-state index in [0.29, 0.717) is 11.6 Å². The molecule has 0 bridgehead atoms. The monoisotopic (exact) mass is 216 g/mol. The van der Waals surface area contributed by atoms with Crippen molar-refractivity contribution in [1.82, 2.24) is 15.0 Å². The first kappa shape index (κ1) is 10.4. The molecule has 0 atom stereocenters. The van der Waals surface area contributed by atoms with Gasteiger partial charge in [-0.15, -0.1) is 0 Å². The fourth-order valence-corrected chi connectivity index (χ4v) is 1.22. The van der Waals surface area contributed by atoms with Gasteiger partial charge in [-0.2, -0.15) is 4.98 Å². The van der Waals surface area contributed by atoms with Gasteiger partial charge in [0.1, 0.15) is 0 Å². The summed E-state index contributed by atoms with van der Waals surface area (Å²) in [6, 6.07) is 3.64. The number of nitrogens with zero attached hydrogens (tertiary/aromatic N) is 3. The Bertz CT molecular complexity index is 513. The minimum Gasteiger partial charge on any atom is -0.437 e. The van der Waals surface area contributed by atoms with Crippen molar-refractivity contribution < 1.29 is 4.74 Å². The van der Waals surface area contributed by atoms with Gasteiger partial charge >= 0.3 is 0 Å². The molecule has 2 rings (SSSR count). The van der Waals surface area contributed by atoms with Crippen LogP contribution in [-0.2, 0) is 0 Å². The second-order valence-corrected chi connectivity index (χ2v) is 3.41. The summed E-state index contributed by atoms with van der Waals surface area (Å²) in [6.45, 7) is 3.73. The molecule has 2 aromatic rings. The number of nitrogen functional groups attached to an aromatic ring is 1. The molecule has 0 aliphatic heterocycles. The molecule has 0 aromatic carbocycles. The van der Waals surface area contributed by atoms with Gasteiger partial charge in [-0.1, -0.05) is 0 Å². The van der Waals surface area contributed by atoms with E-state index in [9.17, 15) is 0 Å². The molecule has 0 aliphatic rings. The van der Waals surface area contributed by atoms with Gasteiger partial charge in [0.15, 0.2) is 5.75 Å². The zero-order valence-electron chi connectivity index (χ0n) is 9.14. The minimum atomic E-state index is 0.196. The van der Waals surface area contributed by atoms with Crippen molar-refractivity contribution in [3.63, 3.8) is 0 Å². The average molecular weight is 216 g/mol. The van der Waals surface area contributed by atoms with Crippen LogP contribution in [0.3, 0.4) is 0 Å². The Labute approximate surface area is 93.3 Å². The maximum atomic E-state index is 5.63. The summed E-state index contributed by atoms with van der Waals surface area (Å²) >= 11 is 0. The number of aryl methyl sites for hydroxylation is 2. The Balaban J connectivity index is 2.34. The Kier molecular flexibility index (Phi) is 2.68. The van der Waals surface area contributed by atoms with Gasteiger partial charge in [0.25, 0.3) is 0 Å². The molecular formula is C11H12N4O. The molecule has 2 heterocycles. The minimum absolute atomic E-state index is 0.196. The van der Waals surface area contributed by atoms with E-state index < -0.39 is 0 Å². The summed E-state index contributed by atoms with van der Waals surface area (Å²) < 4.78 is 5.63. The lowest BCUT2D eigenvalue weighted by atomic mass is 10.3. The van der Waals surface area contributed by atoms with E-state index in [1.165, 1.54) is 0 Å². The number of pyridine rings is 1. The van der Waals surface area contributed by atoms with E-state index in [1.54, 1.807) is 12.4 Å². The molecular weight excluding hydrogens is 204 g/mol. The lowest BCUT2D eigenvalue weighted by Gasteiger charge is -2.08. The van der Waals surface area contributed by atoms with Crippen LogP contribution in [0.15, 0.2) is 24.5 Å². The molecule has 5 nitrogen and oxygen atoms in total. The fraction of sp³-hybridized carbons (Fsp3) is 0.182. The molecule has 2 aromatic heterocycles. The molecule has 0 amide bonds. The van der Waals surface area contributed by atoms with E-state index >= 15 is 0 Å². The van der Waals surface area contributed by atoms with Crippen molar-refractivity contribution in [2.24, 2.45) is 0 Å². The van der Waals surface area contributed by atoms with E-state index in [2.05, 4.69) is 15.0 Å². The quantitative estimate of drug-likeness (QED) is 0.829. The first-order chi connectivity index (χ1) is 7.66. The number of ether oxygens (including phenoxy) is 1. The maximum Gasteiger partial charge on any atom is 0.227 e. The van der Waals surface area contributed by atoms with E-state index in [-0.39, 0.29) is 5.95 Å². The largest absolute Gasteiger partial charge is 0.437 e. The van der Waals surface area contributed by atoms with E-state index in [4.69, 9.17) is 10.5 Å². The zero-order valence-corrected chi connectivity index (χ0v) is 9.14. The van der Waals surface area contributed by atoms with Crippen LogP contribution in [0.1, 0.15) is 11.3 Å². The summed E-state index contributed by atoms with van der Waals surface area (Å²) in [7, 11) is 0. The van der Waals surface area contributed by atoms with Crippen LogP contribution >= 0.6 is 0 Å². The lowest BCUT2D eigenvalue weighted by Crippen LogP contribution is -1.99. The molecule has 0 spiro atoms. The number of aromatic nitrogens is 3. The highest BCUT2D eigenvalue weighted by Gasteiger charge is 2.06. The van der Waals surface area contributed by atoms with Gasteiger partial charge in [-0.3, -0.25) is 4.98 Å². The molecule has 0 saturated heterocycles. The van der Waals surface area contributed by atoms with Crippen molar-refractivity contribution in [3.8, 4) is 11.6 Å².